The number of hydrogen-bond donors (Lipinski definition) is 2. The monoisotopic (exact) mass is 347 g/mol. The van der Waals surface area contributed by atoms with Gasteiger partial charge in [0.05, 0.1) is 0 Å². The molecule has 1 atom stereocenters. The Morgan fingerprint density at radius 3 is 2.56 bits per heavy atom. The Hall–Kier alpha value is -2.57. The number of nitrogens with one attached hydrogen (secondary N) is 1. The van der Waals surface area contributed by atoms with Gasteiger partial charge in [-0.3, -0.25) is 9.59 Å². The molecular formula is C18H25N3O4. The van der Waals surface area contributed by atoms with Crippen LogP contribution in [0.4, 0.5) is 4.79 Å². The number of urea groups is 1. The van der Waals surface area contributed by atoms with Gasteiger partial charge in [-0.2, -0.15) is 0 Å². The largest absolute Gasteiger partial charge is 0.481 e. The SMILES string of the molecule is Cc1ccc(CN2CCN(C(=O)NCCCC(=O)O)[C@@H](C)C2=O)cc1. The van der Waals surface area contributed by atoms with Crippen molar-refractivity contribution >= 4 is 17.9 Å². The molecule has 0 unspecified atom stereocenters. The zero-order valence-electron chi connectivity index (χ0n) is 14.7. The molecule has 0 aliphatic carbocycles. The second kappa shape index (κ2) is 8.50. The van der Waals surface area contributed by atoms with Crippen LogP contribution in [-0.2, 0) is 16.1 Å². The average Bonchev–Trinajstić information content (AvgIpc) is 2.57. The number of amides is 3. The number of rotatable bonds is 6. The molecule has 1 fully saturated rings. The van der Waals surface area contributed by atoms with Crippen LogP contribution in [0.15, 0.2) is 24.3 Å². The molecule has 25 heavy (non-hydrogen) atoms. The molecule has 7 nitrogen and oxygen atoms in total. The fourth-order valence-electron chi connectivity index (χ4n) is 2.81. The van der Waals surface area contributed by atoms with E-state index in [2.05, 4.69) is 5.32 Å². The quantitative estimate of drug-likeness (QED) is 0.765. The summed E-state index contributed by atoms with van der Waals surface area (Å²) >= 11 is 0. The molecule has 2 N–H and O–H groups in total. The molecule has 1 aromatic rings. The van der Waals surface area contributed by atoms with Crippen LogP contribution in [0.3, 0.4) is 0 Å². The maximum absolute atomic E-state index is 12.6. The van der Waals surface area contributed by atoms with Gasteiger partial charge < -0.3 is 20.2 Å². The van der Waals surface area contributed by atoms with E-state index in [1.54, 1.807) is 11.8 Å². The van der Waals surface area contributed by atoms with Gasteiger partial charge in [0.1, 0.15) is 6.04 Å². The molecule has 136 valence electrons. The Labute approximate surface area is 147 Å². The number of carbonyl (C=O) groups excluding carboxylic acids is 2. The molecule has 2 rings (SSSR count). The minimum absolute atomic E-state index is 0.0130. The van der Waals surface area contributed by atoms with E-state index < -0.39 is 12.0 Å². The second-order valence-electron chi connectivity index (χ2n) is 6.34. The standard InChI is InChI=1S/C18H25N3O4/c1-13-5-7-15(8-6-13)12-20-10-11-21(14(2)17(20)24)18(25)19-9-3-4-16(22)23/h5-8,14H,3-4,9-12H2,1-2H3,(H,19,25)(H,22,23)/t14-/m0/s1. The van der Waals surface area contributed by atoms with Gasteiger partial charge >= 0.3 is 12.0 Å². The van der Waals surface area contributed by atoms with Gasteiger partial charge in [0, 0.05) is 32.6 Å². The van der Waals surface area contributed by atoms with E-state index in [0.29, 0.717) is 26.1 Å². The van der Waals surface area contributed by atoms with Crippen LogP contribution in [-0.4, -0.2) is 58.5 Å². The lowest BCUT2D eigenvalue weighted by molar-refractivity contribution is -0.140. The topological polar surface area (TPSA) is 89.9 Å². The van der Waals surface area contributed by atoms with Crippen molar-refractivity contribution in [2.24, 2.45) is 0 Å². The first-order valence-corrected chi connectivity index (χ1v) is 8.49. The van der Waals surface area contributed by atoms with Crippen molar-refractivity contribution in [1.29, 1.82) is 0 Å². The van der Waals surface area contributed by atoms with Crippen molar-refractivity contribution in [3.05, 3.63) is 35.4 Å². The third-order valence-electron chi connectivity index (χ3n) is 4.35. The van der Waals surface area contributed by atoms with Gasteiger partial charge in [0.15, 0.2) is 0 Å². The predicted molar refractivity (Wildman–Crippen MR) is 93.0 cm³/mol. The molecule has 3 amide bonds. The number of nitrogens with zero attached hydrogens (tertiary/aromatic N) is 2. The van der Waals surface area contributed by atoms with E-state index in [-0.39, 0.29) is 24.9 Å². The first kappa shape index (κ1) is 18.8. The molecule has 1 aromatic carbocycles. The molecule has 0 saturated carbocycles. The normalized spacial score (nSPS) is 17.5. The molecule has 1 heterocycles. The second-order valence-corrected chi connectivity index (χ2v) is 6.34. The van der Waals surface area contributed by atoms with Crippen LogP contribution in [0.5, 0.6) is 0 Å². The predicted octanol–water partition coefficient (Wildman–Crippen LogP) is 1.60. The van der Waals surface area contributed by atoms with Gasteiger partial charge in [-0.05, 0) is 25.8 Å². The number of carboxylic acid groups (broad SMARTS) is 1. The number of hydrogen-bond acceptors (Lipinski definition) is 3. The number of piperazine rings is 1. The number of aliphatic carboxylic acids is 1. The Morgan fingerprint density at radius 1 is 1.24 bits per heavy atom. The van der Waals surface area contributed by atoms with E-state index in [4.69, 9.17) is 5.11 Å². The van der Waals surface area contributed by atoms with Crippen molar-refractivity contribution in [1.82, 2.24) is 15.1 Å². The highest BCUT2D eigenvalue weighted by Gasteiger charge is 2.34. The molecular weight excluding hydrogens is 322 g/mol. The average molecular weight is 347 g/mol. The molecule has 7 heteroatoms. The molecule has 1 saturated heterocycles. The number of aryl methyl sites for hydroxylation is 1. The van der Waals surface area contributed by atoms with Gasteiger partial charge in [-0.25, -0.2) is 4.79 Å². The van der Waals surface area contributed by atoms with E-state index >= 15 is 0 Å². The van der Waals surface area contributed by atoms with E-state index in [0.717, 1.165) is 5.56 Å². The summed E-state index contributed by atoms with van der Waals surface area (Å²) in [5, 5.41) is 11.3. The third-order valence-corrected chi connectivity index (χ3v) is 4.35. The van der Waals surface area contributed by atoms with Crippen molar-refractivity contribution in [2.45, 2.75) is 39.3 Å². The lowest BCUT2D eigenvalue weighted by Crippen LogP contribution is -2.59. The zero-order valence-corrected chi connectivity index (χ0v) is 14.7. The highest BCUT2D eigenvalue weighted by Crippen LogP contribution is 2.15. The van der Waals surface area contributed by atoms with Crippen LogP contribution < -0.4 is 5.32 Å². The van der Waals surface area contributed by atoms with Gasteiger partial charge in [0.2, 0.25) is 5.91 Å². The number of benzene rings is 1. The molecule has 1 aliphatic heterocycles. The highest BCUT2D eigenvalue weighted by molar-refractivity contribution is 5.88. The fourth-order valence-corrected chi connectivity index (χ4v) is 2.81. The van der Waals surface area contributed by atoms with Crippen LogP contribution >= 0.6 is 0 Å². The van der Waals surface area contributed by atoms with Gasteiger partial charge in [0.25, 0.3) is 0 Å². The van der Waals surface area contributed by atoms with E-state index in [1.165, 1.54) is 10.5 Å². The van der Waals surface area contributed by atoms with E-state index in [1.807, 2.05) is 31.2 Å². The van der Waals surface area contributed by atoms with E-state index in [9.17, 15) is 14.4 Å². The number of carbonyl (C=O) groups is 3. The summed E-state index contributed by atoms with van der Waals surface area (Å²) < 4.78 is 0. The molecule has 0 spiro atoms. The van der Waals surface area contributed by atoms with Crippen LogP contribution in [0.2, 0.25) is 0 Å². The minimum Gasteiger partial charge on any atom is -0.481 e. The van der Waals surface area contributed by atoms with Crippen molar-refractivity contribution < 1.29 is 19.5 Å². The summed E-state index contributed by atoms with van der Waals surface area (Å²) in [5.74, 6) is -0.963. The molecule has 0 aromatic heterocycles. The van der Waals surface area contributed by atoms with Crippen LogP contribution in [0, 0.1) is 6.92 Å². The summed E-state index contributed by atoms with van der Waals surface area (Å²) in [6.07, 6.45) is 0.385. The highest BCUT2D eigenvalue weighted by atomic mass is 16.4. The lowest BCUT2D eigenvalue weighted by Gasteiger charge is -2.39. The molecule has 0 radical (unpaired) electrons. The summed E-state index contributed by atoms with van der Waals surface area (Å²) in [6.45, 7) is 5.52. The number of carboxylic acids is 1. The van der Waals surface area contributed by atoms with Crippen molar-refractivity contribution in [3.63, 3.8) is 0 Å². The Balaban J connectivity index is 1.86. The molecule has 0 bridgehead atoms. The van der Waals surface area contributed by atoms with Crippen LogP contribution in [0.25, 0.3) is 0 Å². The molecule has 1 aliphatic rings. The Kier molecular flexibility index (Phi) is 6.38. The fraction of sp³-hybridized carbons (Fsp3) is 0.500. The van der Waals surface area contributed by atoms with Gasteiger partial charge in [-0.15, -0.1) is 0 Å². The maximum Gasteiger partial charge on any atom is 0.318 e. The Morgan fingerprint density at radius 2 is 1.92 bits per heavy atom. The first-order chi connectivity index (χ1) is 11.9. The van der Waals surface area contributed by atoms with Crippen LogP contribution in [0.1, 0.15) is 30.9 Å². The van der Waals surface area contributed by atoms with Gasteiger partial charge in [-0.1, -0.05) is 29.8 Å². The van der Waals surface area contributed by atoms with Crippen molar-refractivity contribution in [2.75, 3.05) is 19.6 Å². The smallest absolute Gasteiger partial charge is 0.318 e. The Bertz CT molecular complexity index is 630. The minimum atomic E-state index is -0.887. The summed E-state index contributed by atoms with van der Waals surface area (Å²) in [6, 6.07) is 7.21. The third kappa shape index (κ3) is 5.20. The summed E-state index contributed by atoms with van der Waals surface area (Å²) in [4.78, 5) is 38.5. The summed E-state index contributed by atoms with van der Waals surface area (Å²) in [7, 11) is 0. The van der Waals surface area contributed by atoms with Crippen molar-refractivity contribution in [3.8, 4) is 0 Å². The lowest BCUT2D eigenvalue weighted by atomic mass is 10.1. The summed E-state index contributed by atoms with van der Waals surface area (Å²) in [5.41, 5.74) is 2.24. The first-order valence-electron chi connectivity index (χ1n) is 8.49. The maximum atomic E-state index is 12.6. The zero-order chi connectivity index (χ0) is 18.4.